The van der Waals surface area contributed by atoms with Crippen LogP contribution in [0.25, 0.3) is 11.3 Å². The predicted molar refractivity (Wildman–Crippen MR) is 91.5 cm³/mol. The van der Waals surface area contributed by atoms with Gasteiger partial charge in [0.2, 0.25) is 0 Å². The molecular weight excluding hydrogens is 331 g/mol. The minimum absolute atomic E-state index is 0.285. The summed E-state index contributed by atoms with van der Waals surface area (Å²) in [6.45, 7) is 0. The zero-order valence-corrected chi connectivity index (χ0v) is 13.5. The summed E-state index contributed by atoms with van der Waals surface area (Å²) < 4.78 is 13.2. The van der Waals surface area contributed by atoms with Crippen LogP contribution in [0, 0.1) is 5.82 Å². The van der Waals surface area contributed by atoms with Gasteiger partial charge in [-0.05, 0) is 24.3 Å². The van der Waals surface area contributed by atoms with Gasteiger partial charge in [0, 0.05) is 26.7 Å². The van der Waals surface area contributed by atoms with Gasteiger partial charge in [-0.1, -0.05) is 24.3 Å². The molecule has 0 saturated heterocycles. The number of thiazole rings is 1. The van der Waals surface area contributed by atoms with Gasteiger partial charge in [0.15, 0.2) is 5.13 Å². The Bertz CT molecular complexity index is 907. The van der Waals surface area contributed by atoms with Crippen molar-refractivity contribution >= 4 is 34.1 Å². The van der Waals surface area contributed by atoms with Gasteiger partial charge in [-0.3, -0.25) is 10.1 Å². The molecule has 1 amide bonds. The van der Waals surface area contributed by atoms with Crippen LogP contribution in [0.3, 0.4) is 0 Å². The largest absolute Gasteiger partial charge is 0.298 e. The monoisotopic (exact) mass is 342 g/mol. The summed E-state index contributed by atoms with van der Waals surface area (Å²) in [6, 6.07) is 13.7. The van der Waals surface area contributed by atoms with Gasteiger partial charge < -0.3 is 0 Å². The van der Waals surface area contributed by atoms with Gasteiger partial charge in [0.1, 0.15) is 5.82 Å². The average molecular weight is 342 g/mol. The molecule has 23 heavy (non-hydrogen) atoms. The number of rotatable bonds is 2. The zero-order chi connectivity index (χ0) is 15.8. The highest BCUT2D eigenvalue weighted by Crippen LogP contribution is 2.44. The molecule has 0 bridgehead atoms. The Morgan fingerprint density at radius 1 is 1.17 bits per heavy atom. The molecule has 6 heteroatoms. The molecule has 1 aliphatic rings. The molecule has 0 spiro atoms. The number of anilines is 1. The number of hydrogen-bond acceptors (Lipinski definition) is 4. The lowest BCUT2D eigenvalue weighted by atomic mass is 10.1. The van der Waals surface area contributed by atoms with Gasteiger partial charge in [0.25, 0.3) is 5.91 Å². The molecule has 0 aliphatic carbocycles. The van der Waals surface area contributed by atoms with Crippen LogP contribution in [-0.4, -0.2) is 10.9 Å². The highest BCUT2D eigenvalue weighted by molar-refractivity contribution is 7.98. The first-order valence-corrected chi connectivity index (χ1v) is 8.80. The Morgan fingerprint density at radius 3 is 2.91 bits per heavy atom. The van der Waals surface area contributed by atoms with Crippen LogP contribution in [-0.2, 0) is 5.75 Å². The summed E-state index contributed by atoms with van der Waals surface area (Å²) >= 11 is 3.24. The fourth-order valence-electron chi connectivity index (χ4n) is 2.44. The summed E-state index contributed by atoms with van der Waals surface area (Å²) in [7, 11) is 0. The van der Waals surface area contributed by atoms with E-state index >= 15 is 0 Å². The lowest BCUT2D eigenvalue weighted by molar-refractivity contribution is 0.102. The fourth-order valence-corrected chi connectivity index (χ4v) is 4.54. The first-order chi connectivity index (χ1) is 11.2. The number of halogens is 1. The Morgan fingerprint density at radius 2 is 2.04 bits per heavy atom. The quantitative estimate of drug-likeness (QED) is 0.727. The van der Waals surface area contributed by atoms with E-state index in [9.17, 15) is 9.18 Å². The van der Waals surface area contributed by atoms with E-state index in [2.05, 4.69) is 16.4 Å². The van der Waals surface area contributed by atoms with Crippen LogP contribution in [0.4, 0.5) is 9.52 Å². The maximum Gasteiger partial charge on any atom is 0.257 e. The molecule has 3 nitrogen and oxygen atoms in total. The van der Waals surface area contributed by atoms with E-state index in [0.29, 0.717) is 5.13 Å². The standard InChI is InChI=1S/C17H11FN2OS2/c18-11-5-3-4-10(8-11)16(21)20-17-19-15-12-6-1-2-7-13(12)22-9-14(15)23-17/h1-8H,9H2,(H,19,20,21). The number of amides is 1. The van der Waals surface area contributed by atoms with Gasteiger partial charge in [-0.25, -0.2) is 9.37 Å². The van der Waals surface area contributed by atoms with Crippen LogP contribution >= 0.6 is 23.1 Å². The van der Waals surface area contributed by atoms with E-state index < -0.39 is 5.82 Å². The van der Waals surface area contributed by atoms with Crippen LogP contribution in [0.5, 0.6) is 0 Å². The third-order valence-electron chi connectivity index (χ3n) is 3.51. The van der Waals surface area contributed by atoms with Crippen molar-refractivity contribution in [2.75, 3.05) is 5.32 Å². The molecular formula is C17H11FN2OS2. The number of nitrogens with one attached hydrogen (secondary N) is 1. The minimum Gasteiger partial charge on any atom is -0.298 e. The summed E-state index contributed by atoms with van der Waals surface area (Å²) in [4.78, 5) is 19.1. The molecule has 2 heterocycles. The molecule has 1 aliphatic heterocycles. The lowest BCUT2D eigenvalue weighted by Gasteiger charge is -2.13. The maximum atomic E-state index is 13.2. The molecule has 0 unspecified atom stereocenters. The van der Waals surface area contributed by atoms with Crippen LogP contribution < -0.4 is 5.32 Å². The highest BCUT2D eigenvalue weighted by Gasteiger charge is 2.21. The third kappa shape index (κ3) is 2.75. The van der Waals surface area contributed by atoms with Gasteiger partial charge >= 0.3 is 0 Å². The average Bonchev–Trinajstić information content (AvgIpc) is 2.97. The molecule has 1 aromatic heterocycles. The van der Waals surface area contributed by atoms with Crippen LogP contribution in [0.1, 0.15) is 15.2 Å². The van der Waals surface area contributed by atoms with Crippen molar-refractivity contribution in [3.05, 3.63) is 64.8 Å². The maximum absolute atomic E-state index is 13.2. The summed E-state index contributed by atoms with van der Waals surface area (Å²) in [5.41, 5.74) is 2.31. The Balaban J connectivity index is 1.63. The first-order valence-electron chi connectivity index (χ1n) is 6.99. The molecule has 0 saturated carbocycles. The number of carbonyl (C=O) groups excluding carboxylic acids is 1. The number of carbonyl (C=O) groups is 1. The van der Waals surface area contributed by atoms with Crippen molar-refractivity contribution in [1.29, 1.82) is 0 Å². The highest BCUT2D eigenvalue weighted by atomic mass is 32.2. The lowest BCUT2D eigenvalue weighted by Crippen LogP contribution is -2.11. The molecule has 3 aromatic rings. The first kappa shape index (κ1) is 14.4. The Kier molecular flexibility index (Phi) is 3.63. The van der Waals surface area contributed by atoms with Crippen molar-refractivity contribution in [2.24, 2.45) is 0 Å². The van der Waals surface area contributed by atoms with Crippen molar-refractivity contribution in [3.8, 4) is 11.3 Å². The Hall–Kier alpha value is -2.18. The van der Waals surface area contributed by atoms with Gasteiger partial charge in [-0.15, -0.1) is 23.1 Å². The van der Waals surface area contributed by atoms with Crippen LogP contribution in [0.2, 0.25) is 0 Å². The van der Waals surface area contributed by atoms with E-state index in [1.54, 1.807) is 17.8 Å². The van der Waals surface area contributed by atoms with Gasteiger partial charge in [0.05, 0.1) is 5.69 Å². The normalized spacial score (nSPS) is 12.4. The van der Waals surface area contributed by atoms with Crippen molar-refractivity contribution in [1.82, 2.24) is 4.98 Å². The molecule has 1 N–H and O–H groups in total. The predicted octanol–water partition coefficient (Wildman–Crippen LogP) is 4.81. The van der Waals surface area contributed by atoms with Crippen molar-refractivity contribution < 1.29 is 9.18 Å². The number of nitrogens with zero attached hydrogens (tertiary/aromatic N) is 1. The van der Waals surface area contributed by atoms with Crippen LogP contribution in [0.15, 0.2) is 53.4 Å². The summed E-state index contributed by atoms with van der Waals surface area (Å²) in [6.07, 6.45) is 0. The number of aromatic nitrogens is 1. The summed E-state index contributed by atoms with van der Waals surface area (Å²) in [5.74, 6) is 0.0674. The molecule has 114 valence electrons. The summed E-state index contributed by atoms with van der Waals surface area (Å²) in [5, 5.41) is 3.31. The Labute approximate surface area is 140 Å². The number of benzene rings is 2. The number of hydrogen-bond donors (Lipinski definition) is 1. The minimum atomic E-state index is -0.429. The number of thioether (sulfide) groups is 1. The van der Waals surface area contributed by atoms with E-state index in [1.807, 2.05) is 18.2 Å². The fraction of sp³-hybridized carbons (Fsp3) is 0.0588. The third-order valence-corrected chi connectivity index (χ3v) is 5.76. The molecule has 2 aromatic carbocycles. The topological polar surface area (TPSA) is 42.0 Å². The second-order valence-electron chi connectivity index (χ2n) is 5.04. The second-order valence-corrected chi connectivity index (χ2v) is 7.14. The molecule has 0 atom stereocenters. The van der Waals surface area contributed by atoms with Gasteiger partial charge in [-0.2, -0.15) is 0 Å². The molecule has 4 rings (SSSR count). The molecule has 0 fully saturated rings. The van der Waals surface area contributed by atoms with E-state index in [4.69, 9.17) is 0 Å². The van der Waals surface area contributed by atoms with E-state index in [0.717, 1.165) is 21.9 Å². The second kappa shape index (κ2) is 5.79. The molecule has 0 radical (unpaired) electrons. The van der Waals surface area contributed by atoms with E-state index in [-0.39, 0.29) is 11.5 Å². The van der Waals surface area contributed by atoms with Crippen molar-refractivity contribution in [3.63, 3.8) is 0 Å². The number of fused-ring (bicyclic) bond motifs is 3. The van der Waals surface area contributed by atoms with E-state index in [1.165, 1.54) is 34.4 Å². The zero-order valence-electron chi connectivity index (χ0n) is 11.9. The SMILES string of the molecule is O=C(Nc1nc2c(s1)CSc1ccccc1-2)c1cccc(F)c1. The smallest absolute Gasteiger partial charge is 0.257 e. The van der Waals surface area contributed by atoms with Crippen molar-refractivity contribution in [2.45, 2.75) is 10.6 Å².